The van der Waals surface area contributed by atoms with Crippen LogP contribution in [0.15, 0.2) is 17.3 Å². The van der Waals surface area contributed by atoms with Crippen molar-refractivity contribution in [1.29, 1.82) is 0 Å². The van der Waals surface area contributed by atoms with Gasteiger partial charge in [0.25, 0.3) is 0 Å². The molecule has 1 heterocycles. The standard InChI is InChI=1S/C13H18ClF3N4O/c1-2-3-4-19-12(18)20-5-6-22-11-10(14)7-9(8-21-11)13(15,16)17/h7-8H,2-6H2,1H3,(H3,18,19,20). The van der Waals surface area contributed by atoms with Crippen molar-refractivity contribution in [3.63, 3.8) is 0 Å². The van der Waals surface area contributed by atoms with Crippen LogP contribution in [-0.2, 0) is 6.18 Å². The number of nitrogens with one attached hydrogen (secondary N) is 1. The molecule has 124 valence electrons. The van der Waals surface area contributed by atoms with Crippen LogP contribution in [0, 0.1) is 0 Å². The molecular weight excluding hydrogens is 321 g/mol. The number of hydrogen-bond acceptors (Lipinski definition) is 3. The molecule has 0 saturated heterocycles. The molecule has 0 aliphatic carbocycles. The highest BCUT2D eigenvalue weighted by atomic mass is 35.5. The number of unbranched alkanes of at least 4 members (excludes halogenated alkanes) is 1. The summed E-state index contributed by atoms with van der Waals surface area (Å²) in [4.78, 5) is 7.63. The van der Waals surface area contributed by atoms with Crippen molar-refractivity contribution in [2.45, 2.75) is 25.9 Å². The summed E-state index contributed by atoms with van der Waals surface area (Å²) in [6, 6.07) is 0.776. The van der Waals surface area contributed by atoms with Gasteiger partial charge in [0.2, 0.25) is 5.88 Å². The number of guanidine groups is 1. The van der Waals surface area contributed by atoms with Gasteiger partial charge in [0, 0.05) is 12.7 Å². The Kier molecular flexibility index (Phi) is 7.23. The number of nitrogens with two attached hydrogens (primary N) is 1. The van der Waals surface area contributed by atoms with Crippen molar-refractivity contribution in [1.82, 2.24) is 10.3 Å². The van der Waals surface area contributed by atoms with Gasteiger partial charge in [0.05, 0.1) is 12.1 Å². The lowest BCUT2D eigenvalue weighted by atomic mass is 10.3. The molecule has 0 aromatic carbocycles. The van der Waals surface area contributed by atoms with E-state index in [1.807, 2.05) is 6.92 Å². The minimum Gasteiger partial charge on any atom is -0.475 e. The first-order valence-corrected chi connectivity index (χ1v) is 7.11. The third-order valence-corrected chi connectivity index (χ3v) is 2.85. The number of ether oxygens (including phenoxy) is 1. The molecule has 0 unspecified atom stereocenters. The summed E-state index contributed by atoms with van der Waals surface area (Å²) in [7, 11) is 0. The Hall–Kier alpha value is -1.70. The van der Waals surface area contributed by atoms with E-state index in [2.05, 4.69) is 15.3 Å². The maximum Gasteiger partial charge on any atom is 0.417 e. The molecule has 3 N–H and O–H groups in total. The predicted octanol–water partition coefficient (Wildman–Crippen LogP) is 2.84. The van der Waals surface area contributed by atoms with Crippen LogP contribution in [0.25, 0.3) is 0 Å². The van der Waals surface area contributed by atoms with Gasteiger partial charge in [-0.15, -0.1) is 0 Å². The maximum atomic E-state index is 12.4. The first kappa shape index (κ1) is 18.3. The molecule has 0 bridgehead atoms. The molecule has 0 aliphatic rings. The fraction of sp³-hybridized carbons (Fsp3) is 0.538. The summed E-state index contributed by atoms with van der Waals surface area (Å²) in [5.74, 6) is 0.237. The van der Waals surface area contributed by atoms with Crippen LogP contribution in [0.3, 0.4) is 0 Å². The fourth-order valence-corrected chi connectivity index (χ4v) is 1.65. The lowest BCUT2D eigenvalue weighted by Gasteiger charge is -2.11. The number of aromatic nitrogens is 1. The number of alkyl halides is 3. The number of halogens is 4. The van der Waals surface area contributed by atoms with Gasteiger partial charge in [-0.2, -0.15) is 13.2 Å². The van der Waals surface area contributed by atoms with E-state index in [0.717, 1.165) is 18.9 Å². The Morgan fingerprint density at radius 3 is 2.82 bits per heavy atom. The number of hydrogen-bond donors (Lipinski definition) is 2. The summed E-state index contributed by atoms with van der Waals surface area (Å²) in [5.41, 5.74) is 4.69. The summed E-state index contributed by atoms with van der Waals surface area (Å²) >= 11 is 5.71. The third-order valence-electron chi connectivity index (χ3n) is 2.58. The van der Waals surface area contributed by atoms with Gasteiger partial charge in [-0.1, -0.05) is 24.9 Å². The van der Waals surface area contributed by atoms with E-state index in [9.17, 15) is 13.2 Å². The Labute approximate surface area is 131 Å². The zero-order chi connectivity index (χ0) is 16.6. The second-order valence-electron chi connectivity index (χ2n) is 4.40. The predicted molar refractivity (Wildman–Crippen MR) is 79.1 cm³/mol. The summed E-state index contributed by atoms with van der Waals surface area (Å²) in [6.45, 7) is 3.17. The van der Waals surface area contributed by atoms with Crippen molar-refractivity contribution in [3.8, 4) is 5.88 Å². The quantitative estimate of drug-likeness (QED) is 0.455. The Morgan fingerprint density at radius 1 is 1.50 bits per heavy atom. The lowest BCUT2D eigenvalue weighted by molar-refractivity contribution is -0.137. The Balaban J connectivity index is 2.41. The van der Waals surface area contributed by atoms with Crippen molar-refractivity contribution in [2.24, 2.45) is 10.7 Å². The van der Waals surface area contributed by atoms with Crippen molar-refractivity contribution < 1.29 is 17.9 Å². The summed E-state index contributed by atoms with van der Waals surface area (Å²) in [6.07, 6.45) is -1.84. The van der Waals surface area contributed by atoms with Gasteiger partial charge in [0.15, 0.2) is 5.96 Å². The molecule has 5 nitrogen and oxygen atoms in total. The minimum atomic E-state index is -4.49. The second-order valence-corrected chi connectivity index (χ2v) is 4.81. The molecule has 22 heavy (non-hydrogen) atoms. The van der Waals surface area contributed by atoms with Crippen LogP contribution >= 0.6 is 11.6 Å². The second kappa shape index (κ2) is 8.67. The molecule has 0 amide bonds. The molecule has 0 atom stereocenters. The van der Waals surface area contributed by atoms with Crippen LogP contribution in [0.2, 0.25) is 5.02 Å². The molecule has 0 saturated carbocycles. The van der Waals surface area contributed by atoms with Gasteiger partial charge < -0.3 is 15.8 Å². The van der Waals surface area contributed by atoms with E-state index in [1.165, 1.54) is 0 Å². The van der Waals surface area contributed by atoms with Crippen LogP contribution in [0.1, 0.15) is 25.3 Å². The molecule has 1 rings (SSSR count). The van der Waals surface area contributed by atoms with E-state index < -0.39 is 11.7 Å². The first-order chi connectivity index (χ1) is 10.3. The molecule has 0 radical (unpaired) electrons. The zero-order valence-electron chi connectivity index (χ0n) is 12.1. The van der Waals surface area contributed by atoms with E-state index in [4.69, 9.17) is 22.1 Å². The fourth-order valence-electron chi connectivity index (χ4n) is 1.43. The number of aliphatic imine (C=N–C) groups is 1. The summed E-state index contributed by atoms with van der Waals surface area (Å²) in [5, 5.41) is 2.62. The molecule has 0 spiro atoms. The Morgan fingerprint density at radius 2 is 2.23 bits per heavy atom. The van der Waals surface area contributed by atoms with E-state index in [-0.39, 0.29) is 17.5 Å². The van der Waals surface area contributed by atoms with E-state index in [0.29, 0.717) is 25.2 Å². The number of nitrogens with zero attached hydrogens (tertiary/aromatic N) is 2. The topological polar surface area (TPSA) is 72.5 Å². The van der Waals surface area contributed by atoms with Crippen LogP contribution in [0.5, 0.6) is 5.88 Å². The number of pyridine rings is 1. The van der Waals surface area contributed by atoms with Crippen molar-refractivity contribution in [2.75, 3.05) is 19.7 Å². The average Bonchev–Trinajstić information content (AvgIpc) is 2.44. The third kappa shape index (κ3) is 6.38. The molecule has 0 aliphatic heterocycles. The van der Waals surface area contributed by atoms with Crippen LogP contribution in [0.4, 0.5) is 13.2 Å². The monoisotopic (exact) mass is 338 g/mol. The first-order valence-electron chi connectivity index (χ1n) is 6.74. The highest BCUT2D eigenvalue weighted by Gasteiger charge is 2.31. The van der Waals surface area contributed by atoms with Gasteiger partial charge in [-0.05, 0) is 12.5 Å². The minimum absolute atomic E-state index is 0.0574. The molecule has 1 aromatic heterocycles. The maximum absolute atomic E-state index is 12.4. The van der Waals surface area contributed by atoms with Gasteiger partial charge in [-0.25, -0.2) is 4.98 Å². The molecule has 9 heteroatoms. The highest BCUT2D eigenvalue weighted by Crippen LogP contribution is 2.32. The zero-order valence-corrected chi connectivity index (χ0v) is 12.8. The Bertz CT molecular complexity index is 509. The lowest BCUT2D eigenvalue weighted by Crippen LogP contribution is -2.34. The highest BCUT2D eigenvalue weighted by molar-refractivity contribution is 6.31. The van der Waals surface area contributed by atoms with E-state index >= 15 is 0 Å². The SMILES string of the molecule is CCCCN=C(N)NCCOc1ncc(C(F)(F)F)cc1Cl. The molecule has 1 aromatic rings. The van der Waals surface area contributed by atoms with Gasteiger partial charge >= 0.3 is 6.18 Å². The van der Waals surface area contributed by atoms with Crippen LogP contribution in [-0.4, -0.2) is 30.6 Å². The normalized spacial score (nSPS) is 12.3. The van der Waals surface area contributed by atoms with Crippen LogP contribution < -0.4 is 15.8 Å². The largest absolute Gasteiger partial charge is 0.475 e. The average molecular weight is 339 g/mol. The molecule has 0 fully saturated rings. The van der Waals surface area contributed by atoms with Crippen molar-refractivity contribution in [3.05, 3.63) is 22.8 Å². The van der Waals surface area contributed by atoms with Gasteiger partial charge in [0.1, 0.15) is 11.6 Å². The van der Waals surface area contributed by atoms with Gasteiger partial charge in [-0.3, -0.25) is 4.99 Å². The number of rotatable bonds is 7. The molecular formula is C13H18ClF3N4O. The summed E-state index contributed by atoms with van der Waals surface area (Å²) < 4.78 is 42.5. The van der Waals surface area contributed by atoms with E-state index in [1.54, 1.807) is 0 Å². The van der Waals surface area contributed by atoms with Crippen molar-refractivity contribution >= 4 is 17.6 Å². The smallest absolute Gasteiger partial charge is 0.417 e.